The quantitative estimate of drug-likeness (QED) is 0.534. The van der Waals surface area contributed by atoms with Gasteiger partial charge in [0.25, 0.3) is 0 Å². The van der Waals surface area contributed by atoms with Crippen LogP contribution in [-0.4, -0.2) is 63.3 Å². The molecule has 0 radical (unpaired) electrons. The summed E-state index contributed by atoms with van der Waals surface area (Å²) in [4.78, 5) is 24.5. The fraction of sp³-hybridized carbons (Fsp3) is 0.778. The summed E-state index contributed by atoms with van der Waals surface area (Å²) in [6, 6.07) is -0.480. The van der Waals surface area contributed by atoms with Gasteiger partial charge in [0.1, 0.15) is 13.2 Å². The fourth-order valence-corrected chi connectivity index (χ4v) is 1.65. The van der Waals surface area contributed by atoms with E-state index in [1.807, 2.05) is 5.32 Å². The van der Waals surface area contributed by atoms with Crippen LogP contribution in [0, 0.1) is 0 Å². The molecule has 0 unspecified atom stereocenters. The highest BCUT2D eigenvalue weighted by atomic mass is 16.5. The third kappa shape index (κ3) is 2.90. The van der Waals surface area contributed by atoms with Crippen molar-refractivity contribution in [3.8, 4) is 0 Å². The van der Waals surface area contributed by atoms with E-state index in [0.29, 0.717) is 13.1 Å². The number of quaternary nitrogens is 1. The van der Waals surface area contributed by atoms with Crippen molar-refractivity contribution in [3.63, 3.8) is 0 Å². The molecule has 0 bridgehead atoms. The molecule has 0 aromatic rings. The number of esters is 1. The van der Waals surface area contributed by atoms with Crippen LogP contribution in [0.25, 0.3) is 0 Å². The highest BCUT2D eigenvalue weighted by Crippen LogP contribution is 2.03. The second-order valence-electron chi connectivity index (χ2n) is 3.37. The van der Waals surface area contributed by atoms with Crippen molar-refractivity contribution in [3.05, 3.63) is 0 Å². The predicted molar refractivity (Wildman–Crippen MR) is 51.1 cm³/mol. The lowest BCUT2D eigenvalue weighted by Gasteiger charge is -2.31. The van der Waals surface area contributed by atoms with Crippen LogP contribution in [0.5, 0.6) is 0 Å². The van der Waals surface area contributed by atoms with Gasteiger partial charge in [-0.1, -0.05) is 0 Å². The molecular formula is C9H17N2O4+. The monoisotopic (exact) mass is 217 g/mol. The van der Waals surface area contributed by atoms with Crippen molar-refractivity contribution >= 4 is 11.9 Å². The Morgan fingerprint density at radius 2 is 2.20 bits per heavy atom. The molecule has 0 spiro atoms. The van der Waals surface area contributed by atoms with Crippen molar-refractivity contribution in [2.45, 2.75) is 6.04 Å². The predicted octanol–water partition coefficient (Wildman–Crippen LogP) is -2.42. The Balaban J connectivity index is 2.65. The second kappa shape index (κ2) is 5.67. The van der Waals surface area contributed by atoms with Gasteiger partial charge in [0.05, 0.1) is 20.2 Å². The molecule has 6 nitrogen and oxygen atoms in total. The van der Waals surface area contributed by atoms with Crippen molar-refractivity contribution in [2.75, 3.05) is 40.5 Å². The van der Waals surface area contributed by atoms with Crippen molar-refractivity contribution in [1.82, 2.24) is 4.90 Å². The minimum atomic E-state index is -0.480. The molecule has 6 heteroatoms. The molecule has 1 atom stereocenters. The number of piperazine rings is 1. The molecule has 86 valence electrons. The maximum Gasteiger partial charge on any atom is 0.334 e. The van der Waals surface area contributed by atoms with E-state index in [1.54, 1.807) is 0 Å². The average molecular weight is 217 g/mol. The average Bonchev–Trinajstić information content (AvgIpc) is 2.28. The fourth-order valence-electron chi connectivity index (χ4n) is 1.65. The minimum Gasteiger partial charge on any atom is -0.467 e. The number of carbonyl (C=O) groups is 2. The molecule has 1 amide bonds. The summed E-state index contributed by atoms with van der Waals surface area (Å²) < 4.78 is 9.42. The van der Waals surface area contributed by atoms with Gasteiger partial charge in [-0.15, -0.1) is 0 Å². The van der Waals surface area contributed by atoms with Gasteiger partial charge in [-0.05, 0) is 0 Å². The Kier molecular flexibility index (Phi) is 4.51. The first-order valence-electron chi connectivity index (χ1n) is 4.88. The van der Waals surface area contributed by atoms with Crippen LogP contribution in [0.15, 0.2) is 0 Å². The minimum absolute atomic E-state index is 0.00743. The number of hydrogen-bond donors (Lipinski definition) is 1. The topological polar surface area (TPSA) is 72.5 Å². The Labute approximate surface area is 88.5 Å². The van der Waals surface area contributed by atoms with Crippen LogP contribution in [0.1, 0.15) is 0 Å². The lowest BCUT2D eigenvalue weighted by molar-refractivity contribution is -0.665. The summed E-state index contributed by atoms with van der Waals surface area (Å²) >= 11 is 0. The molecule has 0 aromatic carbocycles. The second-order valence-corrected chi connectivity index (χ2v) is 3.37. The summed E-state index contributed by atoms with van der Waals surface area (Å²) in [6.07, 6.45) is 0. The van der Waals surface area contributed by atoms with E-state index in [9.17, 15) is 9.59 Å². The zero-order valence-corrected chi connectivity index (χ0v) is 9.06. The molecule has 0 aromatic heterocycles. The summed E-state index contributed by atoms with van der Waals surface area (Å²) in [5.74, 6) is -0.531. The molecular weight excluding hydrogens is 200 g/mol. The van der Waals surface area contributed by atoms with Crippen LogP contribution in [0.4, 0.5) is 0 Å². The van der Waals surface area contributed by atoms with E-state index in [-0.39, 0.29) is 18.5 Å². The van der Waals surface area contributed by atoms with Crippen LogP contribution < -0.4 is 5.32 Å². The first-order valence-corrected chi connectivity index (χ1v) is 4.88. The Bertz CT molecular complexity index is 244. The maximum absolute atomic E-state index is 11.6. The van der Waals surface area contributed by atoms with Crippen LogP contribution in [0.2, 0.25) is 0 Å². The van der Waals surface area contributed by atoms with E-state index < -0.39 is 6.04 Å². The lowest BCUT2D eigenvalue weighted by atomic mass is 10.2. The van der Waals surface area contributed by atoms with E-state index in [4.69, 9.17) is 4.74 Å². The van der Waals surface area contributed by atoms with Crippen molar-refractivity contribution in [2.24, 2.45) is 0 Å². The number of amides is 1. The van der Waals surface area contributed by atoms with E-state index in [1.165, 1.54) is 19.1 Å². The van der Waals surface area contributed by atoms with Gasteiger partial charge < -0.3 is 19.7 Å². The molecule has 15 heavy (non-hydrogen) atoms. The third-order valence-electron chi connectivity index (χ3n) is 2.40. The molecule has 0 aliphatic carbocycles. The van der Waals surface area contributed by atoms with E-state index >= 15 is 0 Å². The Morgan fingerprint density at radius 3 is 2.80 bits per heavy atom. The third-order valence-corrected chi connectivity index (χ3v) is 2.40. The van der Waals surface area contributed by atoms with Crippen molar-refractivity contribution < 1.29 is 24.4 Å². The molecule has 1 heterocycles. The molecule has 1 saturated heterocycles. The number of rotatable bonds is 3. The number of nitrogens with two attached hydrogens (primary N) is 1. The zero-order valence-electron chi connectivity index (χ0n) is 9.06. The normalized spacial score (nSPS) is 21.2. The van der Waals surface area contributed by atoms with E-state index in [0.717, 1.165) is 6.54 Å². The van der Waals surface area contributed by atoms with Crippen molar-refractivity contribution in [1.29, 1.82) is 0 Å². The molecule has 1 aliphatic rings. The summed E-state index contributed by atoms with van der Waals surface area (Å²) in [6.45, 7) is 1.93. The first-order chi connectivity index (χ1) is 7.20. The molecule has 1 aliphatic heterocycles. The highest BCUT2D eigenvalue weighted by Gasteiger charge is 2.34. The van der Waals surface area contributed by atoms with Crippen LogP contribution >= 0.6 is 0 Å². The highest BCUT2D eigenvalue weighted by molar-refractivity contribution is 5.85. The van der Waals surface area contributed by atoms with Crippen LogP contribution in [-0.2, 0) is 19.1 Å². The summed E-state index contributed by atoms with van der Waals surface area (Å²) in [5.41, 5.74) is 0. The molecule has 1 fully saturated rings. The zero-order chi connectivity index (χ0) is 11.3. The van der Waals surface area contributed by atoms with Gasteiger partial charge in [-0.3, -0.25) is 4.79 Å². The molecule has 1 rings (SSSR count). The van der Waals surface area contributed by atoms with Gasteiger partial charge in [0, 0.05) is 7.11 Å². The number of carbonyl (C=O) groups excluding carboxylic acids is 2. The number of hydrogen-bond acceptors (Lipinski definition) is 4. The van der Waals surface area contributed by atoms with Gasteiger partial charge >= 0.3 is 5.97 Å². The summed E-state index contributed by atoms with van der Waals surface area (Å²) in [7, 11) is 2.79. The standard InChI is InChI=1S/C9H16N2O4/c1-14-6-8(12)11-4-3-10-5-7(11)9(13)15-2/h7,10H,3-6H2,1-2H3/p+1/t7-/m1/s1. The lowest BCUT2D eigenvalue weighted by Crippen LogP contribution is -2.92. The summed E-state index contributed by atoms with van der Waals surface area (Å²) in [5, 5.41) is 2.00. The Hall–Kier alpha value is -1.14. The number of nitrogens with zero attached hydrogens (tertiary/aromatic N) is 1. The number of methoxy groups -OCH3 is 2. The molecule has 2 N–H and O–H groups in total. The smallest absolute Gasteiger partial charge is 0.334 e. The van der Waals surface area contributed by atoms with Gasteiger partial charge in [-0.2, -0.15) is 0 Å². The van der Waals surface area contributed by atoms with E-state index in [2.05, 4.69) is 4.74 Å². The van der Waals surface area contributed by atoms with Crippen LogP contribution in [0.3, 0.4) is 0 Å². The Morgan fingerprint density at radius 1 is 1.47 bits per heavy atom. The maximum atomic E-state index is 11.6. The molecule has 0 saturated carbocycles. The first kappa shape index (κ1) is 11.9. The SMILES string of the molecule is COCC(=O)N1CC[NH2+]C[C@@H]1C(=O)OC. The van der Waals surface area contributed by atoms with Gasteiger partial charge in [0.2, 0.25) is 5.91 Å². The number of ether oxygens (including phenoxy) is 2. The van der Waals surface area contributed by atoms with Gasteiger partial charge in [-0.25, -0.2) is 4.79 Å². The van der Waals surface area contributed by atoms with Gasteiger partial charge in [0.15, 0.2) is 6.04 Å². The largest absolute Gasteiger partial charge is 0.467 e.